The Kier molecular flexibility index (Phi) is 8.83. The Morgan fingerprint density at radius 2 is 1.95 bits per heavy atom. The van der Waals surface area contributed by atoms with Gasteiger partial charge in [-0.05, 0) is 61.4 Å². The summed E-state index contributed by atoms with van der Waals surface area (Å²) in [5.41, 5.74) is -0.207. The Bertz CT molecular complexity index is 1460. The van der Waals surface area contributed by atoms with Gasteiger partial charge in [0.1, 0.15) is 16.7 Å². The third kappa shape index (κ3) is 6.64. The zero-order valence-electron chi connectivity index (χ0n) is 22.1. The summed E-state index contributed by atoms with van der Waals surface area (Å²) >= 11 is 0. The van der Waals surface area contributed by atoms with Crippen molar-refractivity contribution in [2.24, 2.45) is 0 Å². The molecule has 2 heterocycles. The highest BCUT2D eigenvalue weighted by Gasteiger charge is 2.38. The molecule has 216 valence electrons. The summed E-state index contributed by atoms with van der Waals surface area (Å²) in [5.74, 6) is -1.57. The molecule has 0 saturated carbocycles. The second-order valence-corrected chi connectivity index (χ2v) is 11.6. The van der Waals surface area contributed by atoms with Crippen molar-refractivity contribution < 1.29 is 36.2 Å². The normalized spacial score (nSPS) is 18.0. The number of alkyl halides is 3. The van der Waals surface area contributed by atoms with Crippen LogP contribution >= 0.6 is 0 Å². The van der Waals surface area contributed by atoms with Gasteiger partial charge in [-0.3, -0.25) is 9.48 Å². The minimum absolute atomic E-state index is 0.112. The highest BCUT2D eigenvalue weighted by molar-refractivity contribution is 7.89. The van der Waals surface area contributed by atoms with Crippen molar-refractivity contribution >= 4 is 16.0 Å². The van der Waals surface area contributed by atoms with Crippen molar-refractivity contribution in [3.63, 3.8) is 0 Å². The van der Waals surface area contributed by atoms with E-state index in [0.29, 0.717) is 37.1 Å². The van der Waals surface area contributed by atoms with Crippen LogP contribution in [0.15, 0.2) is 53.6 Å². The zero-order chi connectivity index (χ0) is 29.1. The van der Waals surface area contributed by atoms with Gasteiger partial charge in [-0.15, -0.1) is 5.10 Å². The molecule has 0 aliphatic carbocycles. The van der Waals surface area contributed by atoms with Crippen molar-refractivity contribution in [1.29, 1.82) is 0 Å². The van der Waals surface area contributed by atoms with Gasteiger partial charge in [0.05, 0.1) is 24.2 Å². The maximum Gasteiger partial charge on any atom is 0.416 e. The summed E-state index contributed by atoms with van der Waals surface area (Å²) in [5, 5.41) is 17.6. The Morgan fingerprint density at radius 3 is 2.60 bits per heavy atom. The molecule has 1 aliphatic rings. The van der Waals surface area contributed by atoms with Gasteiger partial charge in [-0.1, -0.05) is 36.4 Å². The van der Waals surface area contributed by atoms with Crippen molar-refractivity contribution in [3.8, 4) is 5.75 Å². The van der Waals surface area contributed by atoms with Crippen LogP contribution in [-0.4, -0.2) is 51.4 Å². The minimum Gasteiger partial charge on any atom is -0.488 e. The van der Waals surface area contributed by atoms with Crippen LogP contribution in [0.1, 0.15) is 61.4 Å². The number of aryl methyl sites for hydroxylation is 2. The number of benzene rings is 2. The molecule has 2 atom stereocenters. The number of sulfonamides is 1. The molecule has 9 nitrogen and oxygen atoms in total. The van der Waals surface area contributed by atoms with Crippen LogP contribution in [0.3, 0.4) is 0 Å². The van der Waals surface area contributed by atoms with Gasteiger partial charge in [0.15, 0.2) is 0 Å². The predicted octanol–water partition coefficient (Wildman–Crippen LogP) is 4.87. The molecule has 0 spiro atoms. The van der Waals surface area contributed by atoms with Gasteiger partial charge < -0.3 is 9.84 Å². The van der Waals surface area contributed by atoms with E-state index in [2.05, 4.69) is 10.3 Å². The molecule has 0 amide bonds. The molecule has 1 N–H and O–H groups in total. The molecule has 2 unspecified atom stereocenters. The number of hydrogen-bond donors (Lipinski definition) is 1. The van der Waals surface area contributed by atoms with E-state index in [4.69, 9.17) is 4.74 Å². The Labute approximate surface area is 230 Å². The first-order chi connectivity index (χ1) is 18.9. The third-order valence-corrected chi connectivity index (χ3v) is 8.81. The van der Waals surface area contributed by atoms with Gasteiger partial charge in [0, 0.05) is 19.3 Å². The number of hydrogen-bond acceptors (Lipinski definition) is 6. The molecule has 4 rings (SSSR count). The lowest BCUT2D eigenvalue weighted by molar-refractivity contribution is -0.139. The van der Waals surface area contributed by atoms with Crippen LogP contribution in [0.5, 0.6) is 5.75 Å². The van der Waals surface area contributed by atoms with E-state index >= 15 is 0 Å². The first kappa shape index (κ1) is 29.5. The molecule has 13 heteroatoms. The predicted molar refractivity (Wildman–Crippen MR) is 139 cm³/mol. The largest absolute Gasteiger partial charge is 0.488 e. The molecular formula is C27H31F3N4O5S. The van der Waals surface area contributed by atoms with E-state index in [1.54, 1.807) is 23.9 Å². The number of rotatable bonds is 10. The second kappa shape index (κ2) is 12.0. The molecule has 40 heavy (non-hydrogen) atoms. The number of aromatic nitrogens is 3. The summed E-state index contributed by atoms with van der Waals surface area (Å²) in [4.78, 5) is 11.6. The number of fused-ring (bicyclic) bond motifs is 1. The first-order valence-electron chi connectivity index (χ1n) is 13.0. The molecular weight excluding hydrogens is 549 g/mol. The van der Waals surface area contributed by atoms with Gasteiger partial charge in [-0.2, -0.15) is 17.5 Å². The van der Waals surface area contributed by atoms with Crippen molar-refractivity contribution in [1.82, 2.24) is 19.3 Å². The van der Waals surface area contributed by atoms with Crippen LogP contribution in [0.25, 0.3) is 0 Å². The van der Waals surface area contributed by atoms with Crippen LogP contribution in [0.4, 0.5) is 13.2 Å². The van der Waals surface area contributed by atoms with Crippen molar-refractivity contribution in [3.05, 3.63) is 71.0 Å². The number of para-hydroxylation sites is 1. The molecule has 0 saturated heterocycles. The lowest BCUT2D eigenvalue weighted by atomic mass is 9.88. The van der Waals surface area contributed by atoms with Crippen molar-refractivity contribution in [2.75, 3.05) is 6.54 Å². The Balaban J connectivity index is 1.71. The number of aliphatic carboxylic acids is 1. The average Bonchev–Trinajstić information content (AvgIpc) is 3.33. The maximum absolute atomic E-state index is 14.1. The molecule has 3 aromatic rings. The lowest BCUT2D eigenvalue weighted by Gasteiger charge is -2.25. The topological polar surface area (TPSA) is 115 Å². The summed E-state index contributed by atoms with van der Waals surface area (Å²) < 4.78 is 78.0. The van der Waals surface area contributed by atoms with Gasteiger partial charge in [0.25, 0.3) is 0 Å². The quantitative estimate of drug-likeness (QED) is 0.364. The monoisotopic (exact) mass is 580 g/mol. The fraction of sp³-hybridized carbons (Fsp3) is 0.444. The highest BCUT2D eigenvalue weighted by Crippen LogP contribution is 2.38. The SMILES string of the molecule is CCC1CN(Cc2cc(C(CCc3cn(CC)nn3)CC(=O)O)ccc2C(F)(F)F)S(=O)(=O)c2ccccc2O1. The van der Waals surface area contributed by atoms with E-state index in [1.165, 1.54) is 30.3 Å². The molecule has 0 radical (unpaired) electrons. The summed E-state index contributed by atoms with van der Waals surface area (Å²) in [6.07, 6.45) is -2.76. The number of carbonyl (C=O) groups is 1. The zero-order valence-corrected chi connectivity index (χ0v) is 23.0. The maximum atomic E-state index is 14.1. The van der Waals surface area contributed by atoms with E-state index in [1.807, 2.05) is 6.92 Å². The first-order valence-corrected chi connectivity index (χ1v) is 14.4. The number of halogens is 3. The van der Waals surface area contributed by atoms with Crippen molar-refractivity contribution in [2.45, 2.75) is 75.7 Å². The molecule has 0 fully saturated rings. The standard InChI is InChI=1S/C27H31F3N4O5S/c1-3-22-17-34(40(37,38)25-8-6-5-7-24(25)39-22)15-20-13-18(10-12-23(20)27(28,29)30)19(14-26(35)36)9-11-21-16-33(4-2)32-31-21/h5-8,10,12-13,16,19,22H,3-4,9,11,14-15,17H2,1-2H3,(H,35,36). The van der Waals surface area contributed by atoms with Crippen LogP contribution in [-0.2, 0) is 40.5 Å². The summed E-state index contributed by atoms with van der Waals surface area (Å²) in [6.45, 7) is 3.63. The second-order valence-electron chi connectivity index (χ2n) is 9.71. The van der Waals surface area contributed by atoms with E-state index < -0.39 is 46.3 Å². The molecule has 0 bridgehead atoms. The average molecular weight is 581 g/mol. The number of ether oxygens (including phenoxy) is 1. The van der Waals surface area contributed by atoms with E-state index in [-0.39, 0.29) is 29.2 Å². The van der Waals surface area contributed by atoms with E-state index in [9.17, 15) is 31.5 Å². The summed E-state index contributed by atoms with van der Waals surface area (Å²) in [6, 6.07) is 9.51. The van der Waals surface area contributed by atoms with E-state index in [0.717, 1.165) is 10.4 Å². The van der Waals surface area contributed by atoms with Crippen LogP contribution in [0.2, 0.25) is 0 Å². The van der Waals surface area contributed by atoms with Gasteiger partial charge in [0.2, 0.25) is 10.0 Å². The Morgan fingerprint density at radius 1 is 1.20 bits per heavy atom. The van der Waals surface area contributed by atoms with Crippen LogP contribution < -0.4 is 4.74 Å². The number of carboxylic acid groups (broad SMARTS) is 1. The molecule has 1 aromatic heterocycles. The third-order valence-electron chi connectivity index (χ3n) is 6.96. The summed E-state index contributed by atoms with van der Waals surface area (Å²) in [7, 11) is -4.19. The highest BCUT2D eigenvalue weighted by atomic mass is 32.2. The fourth-order valence-electron chi connectivity index (χ4n) is 4.80. The lowest BCUT2D eigenvalue weighted by Crippen LogP contribution is -2.37. The molecule has 1 aliphatic heterocycles. The number of carboxylic acids is 1. The fourth-order valence-corrected chi connectivity index (χ4v) is 6.37. The van der Waals surface area contributed by atoms with Gasteiger partial charge >= 0.3 is 12.1 Å². The minimum atomic E-state index is -4.75. The number of nitrogens with zero attached hydrogens (tertiary/aromatic N) is 4. The Hall–Kier alpha value is -3.45. The van der Waals surface area contributed by atoms with Crippen LogP contribution in [0, 0.1) is 0 Å². The smallest absolute Gasteiger partial charge is 0.416 e. The van der Waals surface area contributed by atoms with Gasteiger partial charge in [-0.25, -0.2) is 8.42 Å². The molecule has 2 aromatic carbocycles.